The molecule has 0 bridgehead atoms. The standard InChI is InChI=1S/C16H17F6N5/c1-27(2)7-3-6-23-15-25-11(16(20,21)22)8-12(26-15)24-10-5-4-9(17)13(18)14(10)19/h4-5,8H,3,6-7H2,1-2H3,(H2,23,24,25,26). The van der Waals surface area contributed by atoms with Crippen LogP contribution in [0.1, 0.15) is 12.1 Å². The van der Waals surface area contributed by atoms with Crippen LogP contribution >= 0.6 is 0 Å². The average molecular weight is 393 g/mol. The highest BCUT2D eigenvalue weighted by atomic mass is 19.4. The summed E-state index contributed by atoms with van der Waals surface area (Å²) in [4.78, 5) is 9.11. The normalized spacial score (nSPS) is 11.7. The highest BCUT2D eigenvalue weighted by molar-refractivity contribution is 5.58. The van der Waals surface area contributed by atoms with Crippen LogP contribution in [-0.2, 0) is 6.18 Å². The van der Waals surface area contributed by atoms with Crippen LogP contribution in [0.15, 0.2) is 18.2 Å². The van der Waals surface area contributed by atoms with Crippen molar-refractivity contribution in [2.24, 2.45) is 0 Å². The van der Waals surface area contributed by atoms with Crippen molar-refractivity contribution in [2.45, 2.75) is 12.6 Å². The van der Waals surface area contributed by atoms with Gasteiger partial charge in [0.15, 0.2) is 23.1 Å². The third-order valence-electron chi connectivity index (χ3n) is 3.38. The van der Waals surface area contributed by atoms with Crippen molar-refractivity contribution in [1.29, 1.82) is 0 Å². The fourth-order valence-corrected chi connectivity index (χ4v) is 2.09. The van der Waals surface area contributed by atoms with Crippen LogP contribution in [0.4, 0.5) is 43.8 Å². The summed E-state index contributed by atoms with van der Waals surface area (Å²) >= 11 is 0. The number of nitrogens with one attached hydrogen (secondary N) is 2. The summed E-state index contributed by atoms with van der Waals surface area (Å²) in [5.74, 6) is -5.47. The molecule has 0 saturated carbocycles. The molecule has 5 nitrogen and oxygen atoms in total. The van der Waals surface area contributed by atoms with Gasteiger partial charge in [-0.15, -0.1) is 0 Å². The van der Waals surface area contributed by atoms with E-state index in [1.807, 2.05) is 19.0 Å². The molecule has 1 aromatic carbocycles. The Labute approximate surface area is 151 Å². The Morgan fingerprint density at radius 1 is 1.04 bits per heavy atom. The molecule has 11 heteroatoms. The lowest BCUT2D eigenvalue weighted by Gasteiger charge is -2.14. The molecule has 0 saturated heterocycles. The SMILES string of the molecule is CN(C)CCCNc1nc(Nc2ccc(F)c(F)c2F)cc(C(F)(F)F)n1. The number of benzene rings is 1. The lowest BCUT2D eigenvalue weighted by Crippen LogP contribution is -2.18. The van der Waals surface area contributed by atoms with Crippen molar-refractivity contribution < 1.29 is 26.3 Å². The van der Waals surface area contributed by atoms with E-state index in [9.17, 15) is 26.3 Å². The molecule has 2 aromatic rings. The second-order valence-corrected chi connectivity index (χ2v) is 5.89. The third kappa shape index (κ3) is 5.71. The van der Waals surface area contributed by atoms with Crippen molar-refractivity contribution in [1.82, 2.24) is 14.9 Å². The molecule has 0 atom stereocenters. The molecular weight excluding hydrogens is 376 g/mol. The van der Waals surface area contributed by atoms with Gasteiger partial charge in [-0.25, -0.2) is 18.2 Å². The van der Waals surface area contributed by atoms with Gasteiger partial charge in [-0.1, -0.05) is 0 Å². The summed E-state index contributed by atoms with van der Waals surface area (Å²) in [6, 6.07) is 2.05. The van der Waals surface area contributed by atoms with Crippen molar-refractivity contribution in [2.75, 3.05) is 37.8 Å². The van der Waals surface area contributed by atoms with E-state index in [1.165, 1.54) is 0 Å². The first-order chi connectivity index (χ1) is 12.6. The second kappa shape index (κ2) is 8.42. The van der Waals surface area contributed by atoms with Crippen LogP contribution < -0.4 is 10.6 Å². The van der Waals surface area contributed by atoms with Gasteiger partial charge in [0.25, 0.3) is 0 Å². The second-order valence-electron chi connectivity index (χ2n) is 5.89. The monoisotopic (exact) mass is 393 g/mol. The maximum Gasteiger partial charge on any atom is 0.433 e. The highest BCUT2D eigenvalue weighted by Crippen LogP contribution is 2.31. The molecule has 27 heavy (non-hydrogen) atoms. The van der Waals surface area contributed by atoms with Crippen LogP contribution in [0.2, 0.25) is 0 Å². The van der Waals surface area contributed by atoms with E-state index in [1.54, 1.807) is 0 Å². The minimum Gasteiger partial charge on any atom is -0.354 e. The van der Waals surface area contributed by atoms with Crippen molar-refractivity contribution in [3.63, 3.8) is 0 Å². The first-order valence-corrected chi connectivity index (χ1v) is 7.83. The Balaban J connectivity index is 2.27. The fourth-order valence-electron chi connectivity index (χ4n) is 2.09. The van der Waals surface area contributed by atoms with E-state index in [-0.39, 0.29) is 5.95 Å². The van der Waals surface area contributed by atoms with Crippen LogP contribution in [0.5, 0.6) is 0 Å². The smallest absolute Gasteiger partial charge is 0.354 e. The van der Waals surface area contributed by atoms with Gasteiger partial charge in [0.1, 0.15) is 5.82 Å². The Hall–Kier alpha value is -2.56. The molecule has 0 spiro atoms. The van der Waals surface area contributed by atoms with Crippen molar-refractivity contribution in [3.05, 3.63) is 41.3 Å². The Kier molecular flexibility index (Phi) is 6.47. The van der Waals surface area contributed by atoms with Crippen LogP contribution in [0.25, 0.3) is 0 Å². The predicted octanol–water partition coefficient (Wildman–Crippen LogP) is 4.02. The predicted molar refractivity (Wildman–Crippen MR) is 88.3 cm³/mol. The van der Waals surface area contributed by atoms with E-state index < -0.39 is 40.8 Å². The first-order valence-electron chi connectivity index (χ1n) is 7.83. The van der Waals surface area contributed by atoms with E-state index in [2.05, 4.69) is 20.6 Å². The maximum atomic E-state index is 13.7. The number of hydrogen-bond donors (Lipinski definition) is 2. The molecule has 0 fully saturated rings. The number of halogens is 6. The molecule has 0 aliphatic carbocycles. The molecule has 0 aliphatic rings. The summed E-state index contributed by atoms with van der Waals surface area (Å²) in [6.07, 6.45) is -4.15. The first kappa shape index (κ1) is 20.7. The molecular formula is C16H17F6N5. The van der Waals surface area contributed by atoms with E-state index in [4.69, 9.17) is 0 Å². The van der Waals surface area contributed by atoms with Gasteiger partial charge < -0.3 is 15.5 Å². The number of anilines is 3. The number of hydrogen-bond acceptors (Lipinski definition) is 5. The summed E-state index contributed by atoms with van der Waals surface area (Å²) in [6.45, 7) is 0.996. The van der Waals surface area contributed by atoms with Crippen molar-refractivity contribution in [3.8, 4) is 0 Å². The Morgan fingerprint density at radius 3 is 2.37 bits per heavy atom. The molecule has 0 unspecified atom stereocenters. The largest absolute Gasteiger partial charge is 0.433 e. The molecule has 1 aromatic heterocycles. The van der Waals surface area contributed by atoms with Gasteiger partial charge in [0.05, 0.1) is 5.69 Å². The van der Waals surface area contributed by atoms with E-state index in [0.29, 0.717) is 31.6 Å². The number of aromatic nitrogens is 2. The molecule has 2 rings (SSSR count). The zero-order valence-corrected chi connectivity index (χ0v) is 14.5. The van der Waals surface area contributed by atoms with Gasteiger partial charge in [-0.3, -0.25) is 0 Å². The minimum atomic E-state index is -4.77. The Bertz CT molecular complexity index is 794. The molecule has 1 heterocycles. The average Bonchev–Trinajstić information content (AvgIpc) is 2.58. The van der Waals surface area contributed by atoms with Gasteiger partial charge in [-0.05, 0) is 39.2 Å². The molecule has 0 amide bonds. The van der Waals surface area contributed by atoms with E-state index in [0.717, 1.165) is 6.07 Å². The summed E-state index contributed by atoms with van der Waals surface area (Å²) in [5.41, 5.74) is -1.82. The minimum absolute atomic E-state index is 0.304. The van der Waals surface area contributed by atoms with Gasteiger partial charge in [0.2, 0.25) is 5.95 Å². The lowest BCUT2D eigenvalue weighted by molar-refractivity contribution is -0.141. The van der Waals surface area contributed by atoms with Gasteiger partial charge in [-0.2, -0.15) is 18.2 Å². The van der Waals surface area contributed by atoms with Crippen LogP contribution in [0, 0.1) is 17.5 Å². The third-order valence-corrected chi connectivity index (χ3v) is 3.38. The fraction of sp³-hybridized carbons (Fsp3) is 0.375. The van der Waals surface area contributed by atoms with Crippen molar-refractivity contribution >= 4 is 17.5 Å². The van der Waals surface area contributed by atoms with Gasteiger partial charge >= 0.3 is 6.18 Å². The number of alkyl halides is 3. The number of nitrogens with zero attached hydrogens (tertiary/aromatic N) is 3. The zero-order chi connectivity index (χ0) is 20.2. The summed E-state index contributed by atoms with van der Waals surface area (Å²) in [5, 5.41) is 4.88. The van der Waals surface area contributed by atoms with Crippen LogP contribution in [-0.4, -0.2) is 42.1 Å². The Morgan fingerprint density at radius 2 is 1.74 bits per heavy atom. The van der Waals surface area contributed by atoms with Crippen LogP contribution in [0.3, 0.4) is 0 Å². The van der Waals surface area contributed by atoms with E-state index >= 15 is 0 Å². The quantitative estimate of drug-likeness (QED) is 0.423. The lowest BCUT2D eigenvalue weighted by atomic mass is 10.2. The molecule has 2 N–H and O–H groups in total. The van der Waals surface area contributed by atoms with Gasteiger partial charge in [0, 0.05) is 12.6 Å². The topological polar surface area (TPSA) is 53.1 Å². The highest BCUT2D eigenvalue weighted by Gasteiger charge is 2.34. The molecule has 0 aliphatic heterocycles. The summed E-state index contributed by atoms with van der Waals surface area (Å²) < 4.78 is 79.1. The summed E-state index contributed by atoms with van der Waals surface area (Å²) in [7, 11) is 3.69. The maximum absolute atomic E-state index is 13.7. The molecule has 0 radical (unpaired) electrons. The number of rotatable bonds is 7. The molecule has 148 valence electrons. The zero-order valence-electron chi connectivity index (χ0n) is 14.5.